The molecular formula is C10H18ClNO2. The summed E-state index contributed by atoms with van der Waals surface area (Å²) in [6, 6.07) is 0.283. The summed E-state index contributed by atoms with van der Waals surface area (Å²) in [4.78, 5) is 13.5. The fourth-order valence-corrected chi connectivity index (χ4v) is 1.98. The maximum atomic E-state index is 11.6. The summed E-state index contributed by atoms with van der Waals surface area (Å²) >= 11 is 5.55. The largest absolute Gasteiger partial charge is 0.380 e. The lowest BCUT2D eigenvalue weighted by Crippen LogP contribution is -2.38. The maximum absolute atomic E-state index is 11.6. The summed E-state index contributed by atoms with van der Waals surface area (Å²) in [5.41, 5.74) is 0. The number of amides is 1. The molecule has 1 aliphatic rings. The Kier molecular flexibility index (Phi) is 5.26. The zero-order valence-electron chi connectivity index (χ0n) is 8.67. The van der Waals surface area contributed by atoms with Crippen molar-refractivity contribution >= 4 is 17.5 Å². The summed E-state index contributed by atoms with van der Waals surface area (Å²) in [7, 11) is 0. The van der Waals surface area contributed by atoms with Crippen LogP contribution in [0.4, 0.5) is 0 Å². The first-order chi connectivity index (χ1) is 6.79. The van der Waals surface area contributed by atoms with E-state index >= 15 is 0 Å². The van der Waals surface area contributed by atoms with Gasteiger partial charge >= 0.3 is 0 Å². The van der Waals surface area contributed by atoms with Crippen LogP contribution in [-0.2, 0) is 9.53 Å². The summed E-state index contributed by atoms with van der Waals surface area (Å²) < 4.78 is 5.35. The maximum Gasteiger partial charge on any atom is 0.224 e. The van der Waals surface area contributed by atoms with Gasteiger partial charge in [0.15, 0.2) is 0 Å². The fraction of sp³-hybridized carbons (Fsp3) is 0.900. The molecule has 1 rings (SSSR count). The Hall–Kier alpha value is -0.280. The molecule has 0 bridgehead atoms. The number of hydrogen-bond acceptors (Lipinski definition) is 2. The highest BCUT2D eigenvalue weighted by Crippen LogP contribution is 2.18. The molecule has 1 amide bonds. The summed E-state index contributed by atoms with van der Waals surface area (Å²) in [5.74, 6) is 0.582. The van der Waals surface area contributed by atoms with Crippen LogP contribution in [0.5, 0.6) is 0 Å². The molecule has 1 aliphatic heterocycles. The van der Waals surface area contributed by atoms with Crippen LogP contribution in [0.1, 0.15) is 26.2 Å². The summed E-state index contributed by atoms with van der Waals surface area (Å²) in [6.45, 7) is 4.23. The number of carbonyl (C=O) groups is 1. The van der Waals surface area contributed by atoms with Crippen molar-refractivity contribution in [2.24, 2.45) is 0 Å². The minimum Gasteiger partial charge on any atom is -0.380 e. The molecule has 1 fully saturated rings. The normalized spacial score (nSPS) is 21.6. The van der Waals surface area contributed by atoms with Crippen LogP contribution < -0.4 is 0 Å². The lowest BCUT2D eigenvalue weighted by Gasteiger charge is -2.24. The summed E-state index contributed by atoms with van der Waals surface area (Å²) in [5, 5.41) is 0. The van der Waals surface area contributed by atoms with Crippen LogP contribution in [0.25, 0.3) is 0 Å². The van der Waals surface area contributed by atoms with E-state index in [1.165, 1.54) is 0 Å². The first kappa shape index (κ1) is 11.8. The van der Waals surface area contributed by atoms with Crippen LogP contribution in [-0.4, -0.2) is 42.5 Å². The van der Waals surface area contributed by atoms with Crippen LogP contribution >= 0.6 is 11.6 Å². The van der Waals surface area contributed by atoms with Crippen molar-refractivity contribution in [3.8, 4) is 0 Å². The Morgan fingerprint density at radius 3 is 3.07 bits per heavy atom. The number of ether oxygens (including phenoxy) is 1. The Morgan fingerprint density at radius 1 is 1.64 bits per heavy atom. The molecule has 0 aromatic heterocycles. The van der Waals surface area contributed by atoms with Crippen LogP contribution in [0.2, 0.25) is 0 Å². The first-order valence-corrected chi connectivity index (χ1v) is 5.76. The first-order valence-electron chi connectivity index (χ1n) is 5.22. The van der Waals surface area contributed by atoms with Crippen molar-refractivity contribution in [1.29, 1.82) is 0 Å². The predicted octanol–water partition coefficient (Wildman–Crippen LogP) is 1.64. The molecule has 0 aliphatic carbocycles. The van der Waals surface area contributed by atoms with Crippen molar-refractivity contribution in [2.45, 2.75) is 32.2 Å². The van der Waals surface area contributed by atoms with Gasteiger partial charge in [-0.2, -0.15) is 0 Å². The smallest absolute Gasteiger partial charge is 0.224 e. The third kappa shape index (κ3) is 3.14. The number of hydrogen-bond donors (Lipinski definition) is 0. The van der Waals surface area contributed by atoms with E-state index in [2.05, 4.69) is 0 Å². The molecule has 0 aromatic carbocycles. The van der Waals surface area contributed by atoms with Gasteiger partial charge in [-0.1, -0.05) is 0 Å². The van der Waals surface area contributed by atoms with Gasteiger partial charge in [0.1, 0.15) is 0 Å². The minimum atomic E-state index is 0.169. The number of likely N-dealkylation sites (tertiary alicyclic amines) is 1. The second kappa shape index (κ2) is 6.25. The van der Waals surface area contributed by atoms with Gasteiger partial charge in [0, 0.05) is 25.5 Å². The van der Waals surface area contributed by atoms with E-state index in [1.54, 1.807) is 0 Å². The molecule has 4 heteroatoms. The van der Waals surface area contributed by atoms with Crippen molar-refractivity contribution < 1.29 is 9.53 Å². The highest BCUT2D eigenvalue weighted by molar-refractivity contribution is 6.18. The van der Waals surface area contributed by atoms with Gasteiger partial charge in [0.25, 0.3) is 0 Å². The average Bonchev–Trinajstić information content (AvgIpc) is 2.63. The van der Waals surface area contributed by atoms with Crippen molar-refractivity contribution in [2.75, 3.05) is 25.6 Å². The molecule has 0 aromatic rings. The van der Waals surface area contributed by atoms with Crippen LogP contribution in [0.3, 0.4) is 0 Å². The quantitative estimate of drug-likeness (QED) is 0.658. The molecule has 0 radical (unpaired) electrons. The molecule has 0 saturated carbocycles. The molecular weight excluding hydrogens is 202 g/mol. The molecule has 0 N–H and O–H groups in total. The predicted molar refractivity (Wildman–Crippen MR) is 56.6 cm³/mol. The summed E-state index contributed by atoms with van der Waals surface area (Å²) in [6.07, 6.45) is 2.60. The van der Waals surface area contributed by atoms with Gasteiger partial charge in [-0.3, -0.25) is 4.79 Å². The number of nitrogens with zero attached hydrogens (tertiary/aromatic N) is 1. The standard InChI is InChI=1S/C10H18ClNO2/c1-2-14-8-9-4-3-7-12(9)10(13)5-6-11/h9H,2-8H2,1H3/t9-/m0/s1. The van der Waals surface area contributed by atoms with Crippen LogP contribution in [0.15, 0.2) is 0 Å². The zero-order chi connectivity index (χ0) is 10.4. The molecule has 14 heavy (non-hydrogen) atoms. The number of rotatable bonds is 5. The lowest BCUT2D eigenvalue weighted by atomic mass is 10.2. The van der Waals surface area contributed by atoms with E-state index in [0.717, 1.165) is 19.4 Å². The molecule has 1 heterocycles. The lowest BCUT2D eigenvalue weighted by molar-refractivity contribution is -0.132. The SMILES string of the molecule is CCOC[C@@H]1CCCN1C(=O)CCCl. The van der Waals surface area contributed by atoms with E-state index in [-0.39, 0.29) is 11.9 Å². The number of carbonyl (C=O) groups excluding carboxylic acids is 1. The Balaban J connectivity index is 2.38. The van der Waals surface area contributed by atoms with Gasteiger partial charge in [-0.15, -0.1) is 11.6 Å². The number of halogens is 1. The van der Waals surface area contributed by atoms with Gasteiger partial charge in [-0.05, 0) is 19.8 Å². The second-order valence-corrected chi connectivity index (χ2v) is 3.86. The fourth-order valence-electron chi connectivity index (χ4n) is 1.82. The van der Waals surface area contributed by atoms with Gasteiger partial charge in [0.05, 0.1) is 12.6 Å². The zero-order valence-corrected chi connectivity index (χ0v) is 9.42. The minimum absolute atomic E-state index is 0.169. The number of alkyl halides is 1. The monoisotopic (exact) mass is 219 g/mol. The van der Waals surface area contributed by atoms with Crippen molar-refractivity contribution in [3.05, 3.63) is 0 Å². The Morgan fingerprint density at radius 2 is 2.43 bits per heavy atom. The van der Waals surface area contributed by atoms with Gasteiger partial charge in [-0.25, -0.2) is 0 Å². The highest BCUT2D eigenvalue weighted by atomic mass is 35.5. The van der Waals surface area contributed by atoms with E-state index in [4.69, 9.17) is 16.3 Å². The molecule has 1 saturated heterocycles. The van der Waals surface area contributed by atoms with Gasteiger partial charge < -0.3 is 9.64 Å². The third-order valence-corrected chi connectivity index (χ3v) is 2.71. The molecule has 0 spiro atoms. The van der Waals surface area contributed by atoms with Crippen molar-refractivity contribution in [3.63, 3.8) is 0 Å². The molecule has 0 unspecified atom stereocenters. The molecule has 3 nitrogen and oxygen atoms in total. The van der Waals surface area contributed by atoms with E-state index in [0.29, 0.717) is 25.5 Å². The second-order valence-electron chi connectivity index (χ2n) is 3.48. The van der Waals surface area contributed by atoms with Crippen LogP contribution in [0, 0.1) is 0 Å². The van der Waals surface area contributed by atoms with Gasteiger partial charge in [0.2, 0.25) is 5.91 Å². The molecule has 1 atom stereocenters. The average molecular weight is 220 g/mol. The Bertz CT molecular complexity index is 187. The Labute approximate surface area is 90.4 Å². The van der Waals surface area contributed by atoms with Crippen molar-refractivity contribution in [1.82, 2.24) is 4.90 Å². The highest BCUT2D eigenvalue weighted by Gasteiger charge is 2.27. The van der Waals surface area contributed by atoms with E-state index in [1.807, 2.05) is 11.8 Å². The molecule has 82 valence electrons. The third-order valence-electron chi connectivity index (χ3n) is 2.52. The van der Waals surface area contributed by atoms with E-state index < -0.39 is 0 Å². The van der Waals surface area contributed by atoms with E-state index in [9.17, 15) is 4.79 Å². The topological polar surface area (TPSA) is 29.5 Å².